The predicted octanol–water partition coefficient (Wildman–Crippen LogP) is 2.70. The molecule has 7 nitrogen and oxygen atoms in total. The normalized spacial score (nSPS) is 20.7. The van der Waals surface area contributed by atoms with Gasteiger partial charge in [0.2, 0.25) is 5.91 Å². The minimum absolute atomic E-state index is 0.0105. The topological polar surface area (TPSA) is 65.8 Å². The van der Waals surface area contributed by atoms with Crippen molar-refractivity contribution in [3.05, 3.63) is 36.7 Å². The molecule has 2 saturated heterocycles. The third kappa shape index (κ3) is 3.86. The Kier molecular flexibility index (Phi) is 5.53. The van der Waals surface area contributed by atoms with E-state index in [9.17, 15) is 4.79 Å². The molecule has 5 rings (SSSR count). The highest BCUT2D eigenvalue weighted by molar-refractivity contribution is 5.84. The molecular weight excluding hydrogens is 376 g/mol. The minimum Gasteiger partial charge on any atom is -0.355 e. The number of anilines is 1. The van der Waals surface area contributed by atoms with Crippen LogP contribution in [-0.4, -0.2) is 64.4 Å². The summed E-state index contributed by atoms with van der Waals surface area (Å²) in [6.07, 6.45) is 9.69. The van der Waals surface area contributed by atoms with Crippen LogP contribution in [-0.2, 0) is 4.79 Å². The number of fused-ring (bicyclic) bond motifs is 3. The van der Waals surface area contributed by atoms with E-state index in [-0.39, 0.29) is 11.8 Å². The minimum atomic E-state index is 0.0105. The van der Waals surface area contributed by atoms with E-state index >= 15 is 0 Å². The van der Waals surface area contributed by atoms with Crippen LogP contribution in [0.25, 0.3) is 16.7 Å². The number of nitrogens with zero attached hydrogens (tertiary/aromatic N) is 5. The van der Waals surface area contributed by atoms with Gasteiger partial charge >= 0.3 is 0 Å². The number of nitrogens with one attached hydrogen (secondary N) is 1. The first-order valence-corrected chi connectivity index (χ1v) is 11.3. The summed E-state index contributed by atoms with van der Waals surface area (Å²) in [6.45, 7) is 5.68. The van der Waals surface area contributed by atoms with Gasteiger partial charge in [0.1, 0.15) is 0 Å². The lowest BCUT2D eigenvalue weighted by atomic mass is 9.97. The van der Waals surface area contributed by atoms with Crippen molar-refractivity contribution in [2.45, 2.75) is 32.1 Å². The number of aromatic nitrogens is 3. The van der Waals surface area contributed by atoms with E-state index in [2.05, 4.69) is 36.8 Å². The third-order valence-electron chi connectivity index (χ3n) is 6.48. The maximum atomic E-state index is 12.8. The van der Waals surface area contributed by atoms with Gasteiger partial charge in [0, 0.05) is 38.6 Å². The van der Waals surface area contributed by atoms with E-state index < -0.39 is 0 Å². The molecule has 2 aliphatic heterocycles. The Bertz CT molecular complexity index is 1020. The average Bonchev–Trinajstić information content (AvgIpc) is 3.30. The van der Waals surface area contributed by atoms with E-state index in [1.165, 1.54) is 32.4 Å². The van der Waals surface area contributed by atoms with Crippen molar-refractivity contribution in [1.29, 1.82) is 0 Å². The number of amides is 1. The number of hydrogen-bond donors (Lipinski definition) is 1. The number of hydrogen-bond acceptors (Lipinski definition) is 5. The van der Waals surface area contributed by atoms with Crippen LogP contribution in [0.1, 0.15) is 32.1 Å². The molecule has 1 atom stereocenters. The zero-order valence-electron chi connectivity index (χ0n) is 17.5. The van der Waals surface area contributed by atoms with Crippen LogP contribution in [0.2, 0.25) is 0 Å². The van der Waals surface area contributed by atoms with Crippen molar-refractivity contribution < 1.29 is 4.79 Å². The van der Waals surface area contributed by atoms with Gasteiger partial charge in [0.15, 0.2) is 11.5 Å². The average molecular weight is 407 g/mol. The van der Waals surface area contributed by atoms with Crippen LogP contribution in [0.3, 0.4) is 0 Å². The molecular formula is C23H30N6O. The molecule has 0 aromatic carbocycles. The summed E-state index contributed by atoms with van der Waals surface area (Å²) in [7, 11) is 0. The summed E-state index contributed by atoms with van der Waals surface area (Å²) >= 11 is 0. The number of piperidine rings is 2. The van der Waals surface area contributed by atoms with Crippen LogP contribution >= 0.6 is 0 Å². The third-order valence-corrected chi connectivity index (χ3v) is 6.48. The number of pyridine rings is 1. The van der Waals surface area contributed by atoms with Gasteiger partial charge in [-0.2, -0.15) is 0 Å². The number of rotatable bonds is 5. The Labute approximate surface area is 177 Å². The Hall–Kier alpha value is -2.67. The number of likely N-dealkylation sites (tertiary alicyclic amines) is 1. The lowest BCUT2D eigenvalue weighted by Gasteiger charge is -2.33. The molecule has 0 spiro atoms. The highest BCUT2D eigenvalue weighted by Crippen LogP contribution is 2.28. The second-order valence-electron chi connectivity index (χ2n) is 8.52. The van der Waals surface area contributed by atoms with Crippen LogP contribution in [0.15, 0.2) is 36.7 Å². The first-order chi connectivity index (χ1) is 14.8. The zero-order valence-corrected chi connectivity index (χ0v) is 17.5. The Morgan fingerprint density at radius 3 is 2.83 bits per heavy atom. The molecule has 0 saturated carbocycles. The molecule has 1 amide bonds. The molecule has 0 unspecified atom stereocenters. The fraction of sp³-hybridized carbons (Fsp3) is 0.522. The second-order valence-corrected chi connectivity index (χ2v) is 8.52. The van der Waals surface area contributed by atoms with Gasteiger partial charge in [-0.1, -0.05) is 6.42 Å². The quantitative estimate of drug-likeness (QED) is 0.706. The zero-order chi connectivity index (χ0) is 20.3. The SMILES string of the molecule is O=C(NCCN1CCCCC1)[C@H]1CCCN(c2nc3ncccc3n3cccc23)C1. The number of carbonyl (C=O) groups is 1. The van der Waals surface area contributed by atoms with E-state index in [1.54, 1.807) is 6.20 Å². The Morgan fingerprint density at radius 2 is 1.93 bits per heavy atom. The van der Waals surface area contributed by atoms with Crippen molar-refractivity contribution in [3.8, 4) is 0 Å². The molecule has 0 bridgehead atoms. The van der Waals surface area contributed by atoms with E-state index in [1.807, 2.05) is 18.2 Å². The molecule has 3 aromatic rings. The van der Waals surface area contributed by atoms with Gasteiger partial charge < -0.3 is 19.5 Å². The fourth-order valence-corrected chi connectivity index (χ4v) is 4.87. The smallest absolute Gasteiger partial charge is 0.224 e. The first kappa shape index (κ1) is 19.3. The highest BCUT2D eigenvalue weighted by Gasteiger charge is 2.28. The standard InChI is InChI=1S/C23H30N6O/c30-23(25-11-16-27-12-2-1-3-13-27)18-7-5-14-28(17-18)22-20-9-6-15-29(20)19-8-4-10-24-21(19)26-22/h4,6,8-10,15,18H,1-3,5,7,11-14,16-17H2,(H,25,30)/t18-/m0/s1. The highest BCUT2D eigenvalue weighted by atomic mass is 16.1. The molecule has 0 radical (unpaired) electrons. The van der Waals surface area contributed by atoms with E-state index in [0.29, 0.717) is 6.54 Å². The molecule has 1 N–H and O–H groups in total. The second kappa shape index (κ2) is 8.60. The van der Waals surface area contributed by atoms with Crippen molar-refractivity contribution in [2.24, 2.45) is 5.92 Å². The molecule has 2 fully saturated rings. The summed E-state index contributed by atoms with van der Waals surface area (Å²) in [6, 6.07) is 8.12. The summed E-state index contributed by atoms with van der Waals surface area (Å²) in [5, 5.41) is 3.19. The molecule has 158 valence electrons. The van der Waals surface area contributed by atoms with Crippen LogP contribution in [0, 0.1) is 5.92 Å². The maximum absolute atomic E-state index is 12.8. The van der Waals surface area contributed by atoms with E-state index in [0.717, 1.165) is 55.0 Å². The summed E-state index contributed by atoms with van der Waals surface area (Å²) in [5.74, 6) is 1.12. The lowest BCUT2D eigenvalue weighted by molar-refractivity contribution is -0.125. The van der Waals surface area contributed by atoms with Crippen molar-refractivity contribution in [2.75, 3.05) is 44.2 Å². The van der Waals surface area contributed by atoms with Gasteiger partial charge in [-0.05, 0) is 63.0 Å². The summed E-state index contributed by atoms with van der Waals surface area (Å²) in [4.78, 5) is 26.9. The van der Waals surface area contributed by atoms with Crippen molar-refractivity contribution in [1.82, 2.24) is 24.6 Å². The Balaban J connectivity index is 1.28. The van der Waals surface area contributed by atoms with E-state index in [4.69, 9.17) is 4.98 Å². The van der Waals surface area contributed by atoms with Gasteiger partial charge in [0.25, 0.3) is 0 Å². The largest absolute Gasteiger partial charge is 0.355 e. The molecule has 3 aromatic heterocycles. The molecule has 0 aliphatic carbocycles. The molecule has 7 heteroatoms. The molecule has 30 heavy (non-hydrogen) atoms. The monoisotopic (exact) mass is 406 g/mol. The molecule has 2 aliphatic rings. The fourth-order valence-electron chi connectivity index (χ4n) is 4.87. The first-order valence-electron chi connectivity index (χ1n) is 11.3. The molecule has 5 heterocycles. The predicted molar refractivity (Wildman–Crippen MR) is 119 cm³/mol. The maximum Gasteiger partial charge on any atom is 0.224 e. The lowest BCUT2D eigenvalue weighted by Crippen LogP contribution is -2.45. The summed E-state index contributed by atoms with van der Waals surface area (Å²) < 4.78 is 2.15. The van der Waals surface area contributed by atoms with Gasteiger partial charge in [-0.15, -0.1) is 0 Å². The number of carbonyl (C=O) groups excluding carboxylic acids is 1. The van der Waals surface area contributed by atoms with Gasteiger partial charge in [-0.25, -0.2) is 9.97 Å². The van der Waals surface area contributed by atoms with Crippen LogP contribution < -0.4 is 10.2 Å². The summed E-state index contributed by atoms with van der Waals surface area (Å²) in [5.41, 5.74) is 2.82. The Morgan fingerprint density at radius 1 is 1.07 bits per heavy atom. The van der Waals surface area contributed by atoms with Crippen LogP contribution in [0.4, 0.5) is 5.82 Å². The van der Waals surface area contributed by atoms with Gasteiger partial charge in [-0.3, -0.25) is 4.79 Å². The van der Waals surface area contributed by atoms with Crippen LogP contribution in [0.5, 0.6) is 0 Å². The van der Waals surface area contributed by atoms with Crippen molar-refractivity contribution in [3.63, 3.8) is 0 Å². The van der Waals surface area contributed by atoms with Crippen molar-refractivity contribution >= 4 is 28.4 Å². The van der Waals surface area contributed by atoms with Gasteiger partial charge in [0.05, 0.1) is 17.0 Å².